The molecule has 3 aromatic rings. The maximum atomic E-state index is 12.5. The number of likely N-dealkylation sites (N-methyl/N-ethyl adjacent to an activating group) is 1. The third-order valence-corrected chi connectivity index (χ3v) is 6.52. The van der Waals surface area contributed by atoms with E-state index in [9.17, 15) is 9.90 Å². The molecule has 0 unspecified atom stereocenters. The minimum Gasteiger partial charge on any atom is -0.861 e. The van der Waals surface area contributed by atoms with Crippen molar-refractivity contribution >= 4 is 28.7 Å². The highest BCUT2D eigenvalue weighted by molar-refractivity contribution is 8.14. The Kier molecular flexibility index (Phi) is 9.57. The molecule has 0 radical (unpaired) electrons. The van der Waals surface area contributed by atoms with E-state index in [2.05, 4.69) is 10.3 Å². The van der Waals surface area contributed by atoms with Crippen LogP contribution in [0.1, 0.15) is 22.8 Å². The zero-order valence-electron chi connectivity index (χ0n) is 21.0. The predicted molar refractivity (Wildman–Crippen MR) is 135 cm³/mol. The van der Waals surface area contributed by atoms with Crippen LogP contribution >= 0.6 is 11.8 Å². The summed E-state index contributed by atoms with van der Waals surface area (Å²) in [5, 5.41) is 18.2. The number of nitrogens with zero attached hydrogens (tertiary/aromatic N) is 4. The number of hydrogen-bond acceptors (Lipinski definition) is 10. The lowest BCUT2D eigenvalue weighted by Crippen LogP contribution is -2.57. The maximum absolute atomic E-state index is 12.5. The average Bonchev–Trinajstić information content (AvgIpc) is 3.38. The Bertz CT molecular complexity index is 1160. The van der Waals surface area contributed by atoms with Crippen molar-refractivity contribution in [3.05, 3.63) is 59.8 Å². The molecule has 0 spiro atoms. The first-order valence-corrected chi connectivity index (χ1v) is 12.2. The number of hydrogen-bond donors (Lipinski definition) is 0. The molecule has 2 aromatic carbocycles. The van der Waals surface area contributed by atoms with E-state index in [4.69, 9.17) is 18.7 Å². The topological polar surface area (TPSA) is 113 Å². The van der Waals surface area contributed by atoms with E-state index >= 15 is 0 Å². The van der Waals surface area contributed by atoms with Gasteiger partial charge in [-0.3, -0.25) is 9.32 Å². The zero-order chi connectivity index (χ0) is 26.1. The predicted octanol–water partition coefficient (Wildman–Crippen LogP) is 2.40. The van der Waals surface area contributed by atoms with Crippen molar-refractivity contribution < 1.29 is 33.4 Å². The van der Waals surface area contributed by atoms with Gasteiger partial charge in [-0.1, -0.05) is 49.0 Å². The number of rotatable bonds is 12. The minimum absolute atomic E-state index is 0.0820. The Hall–Kier alpha value is -3.73. The lowest BCUT2D eigenvalue weighted by molar-refractivity contribution is -0.755. The van der Waals surface area contributed by atoms with E-state index in [1.165, 1.54) is 11.0 Å². The number of thioether (sulfide) groups is 1. The first-order valence-electron chi connectivity index (χ1n) is 11.2. The Morgan fingerprint density at radius 1 is 1.17 bits per heavy atom. The number of carbonyl (C=O) groups excluding carboxylic acids is 1. The minimum atomic E-state index is -0.459. The smallest absolute Gasteiger partial charge is 0.324 e. The molecule has 0 saturated heterocycles. The van der Waals surface area contributed by atoms with Crippen molar-refractivity contribution in [2.45, 2.75) is 13.3 Å². The molecule has 0 bridgehead atoms. The molecule has 1 atom stereocenters. The number of ether oxygens (including phenoxy) is 3. The second kappa shape index (κ2) is 12.8. The van der Waals surface area contributed by atoms with Crippen LogP contribution in [0.15, 0.2) is 58.2 Å². The Morgan fingerprint density at radius 2 is 1.83 bits per heavy atom. The summed E-state index contributed by atoms with van der Waals surface area (Å²) in [6, 6.07) is 12.7. The summed E-state index contributed by atoms with van der Waals surface area (Å²) < 4.78 is 21.4. The van der Waals surface area contributed by atoms with Gasteiger partial charge in [0, 0.05) is 11.3 Å². The second-order valence-corrected chi connectivity index (χ2v) is 8.93. The van der Waals surface area contributed by atoms with Crippen molar-refractivity contribution in [2.75, 3.05) is 45.7 Å². The molecule has 0 fully saturated rings. The van der Waals surface area contributed by atoms with Crippen molar-refractivity contribution in [1.82, 2.24) is 5.27 Å². The van der Waals surface area contributed by atoms with Gasteiger partial charge < -0.3 is 19.3 Å². The van der Waals surface area contributed by atoms with Crippen LogP contribution in [0.25, 0.3) is 0 Å². The van der Waals surface area contributed by atoms with E-state index in [-0.39, 0.29) is 16.9 Å². The number of aromatic nitrogens is 2. The lowest BCUT2D eigenvalue weighted by Gasteiger charge is -2.16. The molecule has 11 heteroatoms. The number of benzene rings is 2. The molecule has 0 aliphatic rings. The highest BCUT2D eigenvalue weighted by Gasteiger charge is 2.19. The van der Waals surface area contributed by atoms with Crippen LogP contribution in [0.4, 0.5) is 5.88 Å². The quantitative estimate of drug-likeness (QED) is 0.204. The van der Waals surface area contributed by atoms with Gasteiger partial charge in [-0.2, -0.15) is 5.01 Å². The highest BCUT2D eigenvalue weighted by atomic mass is 32.2. The summed E-state index contributed by atoms with van der Waals surface area (Å²) in [7, 11) is 6.55. The van der Waals surface area contributed by atoms with Crippen LogP contribution in [0, 0.1) is 5.92 Å². The van der Waals surface area contributed by atoms with Crippen LogP contribution < -0.4 is 29.1 Å². The van der Waals surface area contributed by atoms with Gasteiger partial charge in [0.25, 0.3) is 6.20 Å². The van der Waals surface area contributed by atoms with Crippen LogP contribution in [-0.4, -0.2) is 57.0 Å². The molecule has 0 aliphatic heterocycles. The number of aliphatic imine (C=N–C) groups is 1. The molecular formula is C25H30N4O6S. The van der Waals surface area contributed by atoms with Crippen LogP contribution in [0.3, 0.4) is 0 Å². The van der Waals surface area contributed by atoms with Gasteiger partial charge in [0.15, 0.2) is 11.5 Å². The largest absolute Gasteiger partial charge is 0.861 e. The van der Waals surface area contributed by atoms with Gasteiger partial charge in [-0.05, 0) is 35.9 Å². The molecule has 1 heterocycles. The maximum Gasteiger partial charge on any atom is 0.324 e. The van der Waals surface area contributed by atoms with Crippen LogP contribution in [0.5, 0.6) is 17.2 Å². The van der Waals surface area contributed by atoms with Crippen LogP contribution in [-0.2, 0) is 6.42 Å². The summed E-state index contributed by atoms with van der Waals surface area (Å²) in [6.07, 6.45) is 2.18. The van der Waals surface area contributed by atoms with E-state index < -0.39 is 5.92 Å². The van der Waals surface area contributed by atoms with Crippen LogP contribution in [0.2, 0.25) is 0 Å². The molecule has 0 amide bonds. The molecule has 0 N–H and O–H groups in total. The molecule has 0 aliphatic carbocycles. The third kappa shape index (κ3) is 6.91. The van der Waals surface area contributed by atoms with E-state index in [1.807, 2.05) is 30.3 Å². The number of methoxy groups -OCH3 is 3. The third-order valence-electron chi connectivity index (χ3n) is 5.36. The van der Waals surface area contributed by atoms with Gasteiger partial charge in [0.1, 0.15) is 0 Å². The van der Waals surface area contributed by atoms with Crippen molar-refractivity contribution in [1.29, 1.82) is 0 Å². The Labute approximate surface area is 214 Å². The monoisotopic (exact) mass is 514 g/mol. The van der Waals surface area contributed by atoms with Gasteiger partial charge in [0.05, 0.1) is 39.7 Å². The average molecular weight is 515 g/mol. The fourth-order valence-corrected chi connectivity index (χ4v) is 4.11. The second-order valence-electron chi connectivity index (χ2n) is 7.94. The fraction of sp³-hybridized carbons (Fsp3) is 0.360. The molecule has 10 nitrogen and oxygen atoms in total. The summed E-state index contributed by atoms with van der Waals surface area (Å²) >= 11 is 1.09. The molecule has 192 valence electrons. The van der Waals surface area contributed by atoms with Gasteiger partial charge >= 0.3 is 5.88 Å². The summed E-state index contributed by atoms with van der Waals surface area (Å²) in [4.78, 5) is 17.7. The van der Waals surface area contributed by atoms with Crippen molar-refractivity contribution in [2.24, 2.45) is 10.9 Å². The summed E-state index contributed by atoms with van der Waals surface area (Å²) in [6.45, 7) is 2.31. The molecular weight excluding hydrogens is 484 g/mol. The van der Waals surface area contributed by atoms with Gasteiger partial charge in [0.2, 0.25) is 16.1 Å². The van der Waals surface area contributed by atoms with Crippen molar-refractivity contribution in [3.63, 3.8) is 0 Å². The zero-order valence-corrected chi connectivity index (χ0v) is 21.8. The number of carbonyl (C=O) groups is 1. The van der Waals surface area contributed by atoms with Gasteiger partial charge in [-0.25, -0.2) is 4.99 Å². The Balaban J connectivity index is 1.57. The fourth-order valence-electron chi connectivity index (χ4n) is 3.26. The van der Waals surface area contributed by atoms with E-state index in [0.717, 1.165) is 17.3 Å². The summed E-state index contributed by atoms with van der Waals surface area (Å²) in [5.41, 5.74) is 1.59. The highest BCUT2D eigenvalue weighted by Crippen LogP contribution is 2.38. The van der Waals surface area contributed by atoms with Crippen molar-refractivity contribution in [3.8, 4) is 17.2 Å². The summed E-state index contributed by atoms with van der Waals surface area (Å²) in [5.74, 6) is 1.27. The molecule has 3 rings (SSSR count). The van der Waals surface area contributed by atoms with Gasteiger partial charge in [-0.15, -0.1) is 0 Å². The molecule has 0 saturated carbocycles. The van der Waals surface area contributed by atoms with E-state index in [1.54, 1.807) is 52.5 Å². The molecule has 1 aromatic heterocycles. The first kappa shape index (κ1) is 26.9. The lowest BCUT2D eigenvalue weighted by atomic mass is 10.1. The first-order chi connectivity index (χ1) is 17.4. The standard InChI is InChI=1S/C25H30N4O6S/c1-17(16-36-25(31)19-9-7-6-8-10-19)24(30)26-22-15-29(27-35-22)28(2)12-11-18-13-20(32-3)23(34-5)21(14-18)33-4/h6-10,13-15,17H,11-12,16H2,1-5H3/t17-/m1/s1. The van der Waals surface area contributed by atoms with E-state index in [0.29, 0.717) is 41.5 Å². The molecule has 36 heavy (non-hydrogen) atoms. The normalized spacial score (nSPS) is 12.2. The SMILES string of the molecule is COc1cc(CCN(C)[n+]2cc(N=C([O-])[C@H](C)CSC(=O)c3ccccc3)on2)cc(OC)c1OC. The Morgan fingerprint density at radius 3 is 2.44 bits per heavy atom.